The van der Waals surface area contributed by atoms with E-state index in [1.165, 1.54) is 0 Å². The van der Waals surface area contributed by atoms with Gasteiger partial charge >= 0.3 is 6.03 Å². The number of hydrogen-bond acceptors (Lipinski definition) is 4. The fourth-order valence-electron chi connectivity index (χ4n) is 3.15. The highest BCUT2D eigenvalue weighted by Crippen LogP contribution is 2.23. The molecule has 0 bridgehead atoms. The third-order valence-electron chi connectivity index (χ3n) is 4.38. The van der Waals surface area contributed by atoms with Crippen LogP contribution in [0.4, 0.5) is 4.79 Å². The molecule has 2 amide bonds. The molecular weight excluding hydrogens is 306 g/mol. The van der Waals surface area contributed by atoms with Crippen LogP contribution in [-0.4, -0.2) is 48.6 Å². The van der Waals surface area contributed by atoms with Gasteiger partial charge < -0.3 is 14.8 Å². The van der Waals surface area contributed by atoms with Crippen molar-refractivity contribution < 1.29 is 4.79 Å². The fraction of sp³-hybridized carbons (Fsp3) is 0.625. The van der Waals surface area contributed by atoms with E-state index >= 15 is 0 Å². The topological polar surface area (TPSA) is 80.9 Å². The summed E-state index contributed by atoms with van der Waals surface area (Å²) in [5.74, 6) is 0.792. The number of aromatic nitrogens is 5. The summed E-state index contributed by atoms with van der Waals surface area (Å²) in [6, 6.07) is 2.10. The van der Waals surface area contributed by atoms with Crippen molar-refractivity contribution in [3.8, 4) is 0 Å². The molecule has 1 aliphatic rings. The minimum atomic E-state index is -0.167. The number of nitrogens with one attached hydrogen (secondary N) is 1. The van der Waals surface area contributed by atoms with Crippen LogP contribution in [0.5, 0.6) is 0 Å². The third kappa shape index (κ3) is 3.13. The molecule has 1 atom stereocenters. The number of aryl methyl sites for hydroxylation is 3. The number of rotatable bonds is 5. The highest BCUT2D eigenvalue weighted by molar-refractivity contribution is 5.75. The van der Waals surface area contributed by atoms with Crippen LogP contribution in [0.3, 0.4) is 0 Å². The Bertz CT molecular complexity index is 714. The van der Waals surface area contributed by atoms with Gasteiger partial charge in [-0.3, -0.25) is 4.68 Å². The van der Waals surface area contributed by atoms with Gasteiger partial charge in [-0.15, -0.1) is 10.2 Å². The van der Waals surface area contributed by atoms with Gasteiger partial charge in [-0.2, -0.15) is 5.10 Å². The molecule has 24 heavy (non-hydrogen) atoms. The van der Waals surface area contributed by atoms with Crippen LogP contribution in [0.1, 0.15) is 49.6 Å². The zero-order valence-corrected chi connectivity index (χ0v) is 14.7. The number of hydrogen-bond donors (Lipinski definition) is 1. The van der Waals surface area contributed by atoms with E-state index in [2.05, 4.69) is 33.6 Å². The van der Waals surface area contributed by atoms with E-state index in [0.29, 0.717) is 13.1 Å². The van der Waals surface area contributed by atoms with Gasteiger partial charge in [-0.1, -0.05) is 6.92 Å². The van der Waals surface area contributed by atoms with Crippen LogP contribution in [0.15, 0.2) is 12.4 Å². The third-order valence-corrected chi connectivity index (χ3v) is 4.38. The lowest BCUT2D eigenvalue weighted by atomic mass is 10.1. The van der Waals surface area contributed by atoms with Crippen LogP contribution in [0, 0.1) is 13.8 Å². The minimum absolute atomic E-state index is 0.0636. The second-order valence-corrected chi connectivity index (χ2v) is 6.48. The predicted molar refractivity (Wildman–Crippen MR) is 89.6 cm³/mol. The lowest BCUT2D eigenvalue weighted by Gasteiger charge is -2.40. The molecule has 1 aliphatic heterocycles. The van der Waals surface area contributed by atoms with Gasteiger partial charge in [0.25, 0.3) is 0 Å². The molecule has 8 nitrogen and oxygen atoms in total. The zero-order chi connectivity index (χ0) is 17.3. The number of nitrogens with zero attached hydrogens (tertiary/aromatic N) is 6. The summed E-state index contributed by atoms with van der Waals surface area (Å²) >= 11 is 0. The Morgan fingerprint density at radius 3 is 2.79 bits per heavy atom. The molecule has 1 saturated heterocycles. The maximum Gasteiger partial charge on any atom is 0.318 e. The molecule has 1 fully saturated rings. The van der Waals surface area contributed by atoms with Gasteiger partial charge in [0, 0.05) is 25.3 Å². The molecule has 3 rings (SSSR count). The highest BCUT2D eigenvalue weighted by atomic mass is 16.2. The Morgan fingerprint density at radius 2 is 2.17 bits per heavy atom. The van der Waals surface area contributed by atoms with Crippen molar-refractivity contribution in [3.63, 3.8) is 0 Å². The average molecular weight is 331 g/mol. The molecule has 0 spiro atoms. The van der Waals surface area contributed by atoms with Crippen molar-refractivity contribution >= 4 is 6.03 Å². The van der Waals surface area contributed by atoms with Crippen molar-refractivity contribution in [1.82, 2.24) is 34.8 Å². The summed E-state index contributed by atoms with van der Waals surface area (Å²) in [5.41, 5.74) is 2.15. The first kappa shape index (κ1) is 16.5. The van der Waals surface area contributed by atoms with Crippen molar-refractivity contribution in [3.05, 3.63) is 29.6 Å². The minimum Gasteiger partial charge on any atom is -0.328 e. The van der Waals surface area contributed by atoms with Gasteiger partial charge in [0.2, 0.25) is 0 Å². The Balaban J connectivity index is 1.55. The summed E-state index contributed by atoms with van der Waals surface area (Å²) in [5, 5.41) is 15.6. The Hall–Kier alpha value is -2.38. The van der Waals surface area contributed by atoms with E-state index < -0.39 is 0 Å². The Morgan fingerprint density at radius 1 is 1.42 bits per heavy atom. The number of likely N-dealkylation sites (tertiary alicyclic amines) is 1. The summed E-state index contributed by atoms with van der Waals surface area (Å²) < 4.78 is 4.00. The standard InChI is InChI=1S/C16H25N7O/c1-5-6-21-10-17-19-15(21)13(4)18-16(24)22-8-14(9-22)23-12(3)7-11(2)20-23/h7,10,13-14H,5-6,8-9H2,1-4H3,(H,18,24)/t13-/m1/s1. The van der Waals surface area contributed by atoms with Gasteiger partial charge in [-0.05, 0) is 33.3 Å². The first-order chi connectivity index (χ1) is 11.5. The zero-order valence-electron chi connectivity index (χ0n) is 14.7. The normalized spacial score (nSPS) is 16.1. The highest BCUT2D eigenvalue weighted by Gasteiger charge is 2.34. The fourth-order valence-corrected chi connectivity index (χ4v) is 3.15. The summed E-state index contributed by atoms with van der Waals surface area (Å²) in [4.78, 5) is 14.2. The van der Waals surface area contributed by atoms with Crippen LogP contribution >= 0.6 is 0 Å². The molecule has 8 heteroatoms. The van der Waals surface area contributed by atoms with Crippen molar-refractivity contribution in [2.75, 3.05) is 13.1 Å². The number of amides is 2. The van der Waals surface area contributed by atoms with Crippen molar-refractivity contribution in [2.45, 2.75) is 52.7 Å². The van der Waals surface area contributed by atoms with E-state index in [1.807, 2.05) is 30.0 Å². The van der Waals surface area contributed by atoms with Crippen LogP contribution in [-0.2, 0) is 6.54 Å². The maximum absolute atomic E-state index is 12.4. The summed E-state index contributed by atoms with van der Waals surface area (Å²) in [7, 11) is 0. The van der Waals surface area contributed by atoms with Gasteiger partial charge in [0.05, 0.1) is 17.8 Å². The first-order valence-electron chi connectivity index (χ1n) is 8.45. The lowest BCUT2D eigenvalue weighted by Crippen LogP contribution is -2.55. The number of carbonyl (C=O) groups excluding carboxylic acids is 1. The Kier molecular flexibility index (Phi) is 4.55. The lowest BCUT2D eigenvalue weighted by molar-refractivity contribution is 0.115. The smallest absolute Gasteiger partial charge is 0.318 e. The summed E-state index contributed by atoms with van der Waals surface area (Å²) in [6.45, 7) is 10.3. The predicted octanol–water partition coefficient (Wildman–Crippen LogP) is 1.83. The molecule has 0 saturated carbocycles. The van der Waals surface area contributed by atoms with E-state index in [0.717, 1.165) is 30.2 Å². The SMILES string of the molecule is CCCn1cnnc1[C@@H](C)NC(=O)N1CC(n2nc(C)cc2C)C1. The average Bonchev–Trinajstić information content (AvgIpc) is 3.05. The van der Waals surface area contributed by atoms with Gasteiger partial charge in [0.1, 0.15) is 6.33 Å². The molecule has 1 N–H and O–H groups in total. The second kappa shape index (κ2) is 6.62. The molecular formula is C16H25N7O. The summed E-state index contributed by atoms with van der Waals surface area (Å²) in [6.07, 6.45) is 2.71. The maximum atomic E-state index is 12.4. The van der Waals surface area contributed by atoms with Gasteiger partial charge in [0.15, 0.2) is 5.82 Å². The van der Waals surface area contributed by atoms with Crippen LogP contribution in [0.2, 0.25) is 0 Å². The van der Waals surface area contributed by atoms with E-state index in [-0.39, 0.29) is 18.1 Å². The monoisotopic (exact) mass is 331 g/mol. The molecule has 0 aromatic carbocycles. The molecule has 2 aromatic heterocycles. The van der Waals surface area contributed by atoms with Crippen LogP contribution in [0.25, 0.3) is 0 Å². The molecule has 0 aliphatic carbocycles. The largest absolute Gasteiger partial charge is 0.328 e. The van der Waals surface area contributed by atoms with E-state index in [1.54, 1.807) is 11.2 Å². The molecule has 130 valence electrons. The Labute approximate surface area is 141 Å². The molecule has 0 unspecified atom stereocenters. The second-order valence-electron chi connectivity index (χ2n) is 6.48. The quantitative estimate of drug-likeness (QED) is 0.906. The van der Waals surface area contributed by atoms with Gasteiger partial charge in [-0.25, -0.2) is 4.79 Å². The van der Waals surface area contributed by atoms with E-state index in [4.69, 9.17) is 0 Å². The van der Waals surface area contributed by atoms with Crippen molar-refractivity contribution in [2.24, 2.45) is 0 Å². The first-order valence-corrected chi connectivity index (χ1v) is 8.45. The van der Waals surface area contributed by atoms with Crippen molar-refractivity contribution in [1.29, 1.82) is 0 Å². The number of carbonyl (C=O) groups is 1. The van der Waals surface area contributed by atoms with Crippen LogP contribution < -0.4 is 5.32 Å². The molecule has 0 radical (unpaired) electrons. The molecule has 2 aromatic rings. The number of urea groups is 1. The molecule has 3 heterocycles. The van der Waals surface area contributed by atoms with E-state index in [9.17, 15) is 4.79 Å².